The van der Waals surface area contributed by atoms with Crippen LogP contribution in [0.1, 0.15) is 0 Å². The van der Waals surface area contributed by atoms with Crippen molar-refractivity contribution in [2.75, 3.05) is 5.73 Å². The molecule has 2 rings (SSSR count). The Morgan fingerprint density at radius 1 is 1.43 bits per heavy atom. The van der Waals surface area contributed by atoms with E-state index in [4.69, 9.17) is 17.3 Å². The van der Waals surface area contributed by atoms with E-state index < -0.39 is 0 Å². The summed E-state index contributed by atoms with van der Waals surface area (Å²) in [7, 11) is 1.74. The van der Waals surface area contributed by atoms with Crippen LogP contribution in [0.4, 0.5) is 5.69 Å². The Morgan fingerprint density at radius 3 is 2.86 bits per heavy atom. The fraction of sp³-hybridized carbons (Fsp3) is 0.125. The van der Waals surface area contributed by atoms with Crippen molar-refractivity contribution >= 4 is 17.3 Å². The second-order valence-electron chi connectivity index (χ2n) is 2.83. The minimum Gasteiger partial charge on any atom is -0.398 e. The Balaban J connectivity index is 2.63. The van der Waals surface area contributed by atoms with Gasteiger partial charge in [-0.05, 0) is 22.6 Å². The van der Waals surface area contributed by atoms with Crippen molar-refractivity contribution in [2.24, 2.45) is 7.05 Å². The molecule has 0 saturated carbocycles. The lowest BCUT2D eigenvalue weighted by Gasteiger charge is -2.03. The number of rotatable bonds is 1. The molecule has 6 heteroatoms. The molecule has 0 fully saturated rings. The van der Waals surface area contributed by atoms with Crippen molar-refractivity contribution in [2.45, 2.75) is 0 Å². The fourth-order valence-corrected chi connectivity index (χ4v) is 1.39. The van der Waals surface area contributed by atoms with E-state index in [9.17, 15) is 0 Å². The minimum absolute atomic E-state index is 0.477. The summed E-state index contributed by atoms with van der Waals surface area (Å²) in [4.78, 5) is 0. The lowest BCUT2D eigenvalue weighted by molar-refractivity contribution is 0.715. The van der Waals surface area contributed by atoms with E-state index >= 15 is 0 Å². The SMILES string of the molecule is Cn1nnnc1-c1cccc(N)c1Cl. The van der Waals surface area contributed by atoms with Gasteiger partial charge >= 0.3 is 0 Å². The highest BCUT2D eigenvalue weighted by molar-refractivity contribution is 6.35. The van der Waals surface area contributed by atoms with Gasteiger partial charge in [-0.15, -0.1) is 5.10 Å². The zero-order chi connectivity index (χ0) is 10.1. The second kappa shape index (κ2) is 3.26. The van der Waals surface area contributed by atoms with E-state index in [1.807, 2.05) is 12.1 Å². The highest BCUT2D eigenvalue weighted by Gasteiger charge is 2.11. The van der Waals surface area contributed by atoms with Crippen LogP contribution < -0.4 is 5.73 Å². The molecule has 1 aromatic carbocycles. The van der Waals surface area contributed by atoms with Gasteiger partial charge in [-0.3, -0.25) is 0 Å². The third-order valence-corrected chi connectivity index (χ3v) is 2.31. The number of hydrogen-bond donors (Lipinski definition) is 1. The van der Waals surface area contributed by atoms with Crippen molar-refractivity contribution in [1.82, 2.24) is 20.2 Å². The molecular formula is C8H8ClN5. The molecule has 0 saturated heterocycles. The Kier molecular flexibility index (Phi) is 2.09. The van der Waals surface area contributed by atoms with Gasteiger partial charge in [0.1, 0.15) is 0 Å². The van der Waals surface area contributed by atoms with Crippen molar-refractivity contribution < 1.29 is 0 Å². The third kappa shape index (κ3) is 1.31. The molecule has 0 aliphatic heterocycles. The zero-order valence-electron chi connectivity index (χ0n) is 7.48. The van der Waals surface area contributed by atoms with Gasteiger partial charge in [0.05, 0.1) is 10.7 Å². The summed E-state index contributed by atoms with van der Waals surface area (Å²) in [6, 6.07) is 5.37. The standard InChI is InChI=1S/C8H8ClN5/c1-14-8(11-12-13-14)5-3-2-4-6(10)7(5)9/h2-4H,10H2,1H3. The number of nitrogen functional groups attached to an aromatic ring is 1. The number of halogens is 1. The maximum atomic E-state index is 6.02. The Bertz CT molecular complexity index is 465. The molecule has 2 N–H and O–H groups in total. The van der Waals surface area contributed by atoms with Gasteiger partial charge in [-0.25, -0.2) is 4.68 Å². The molecule has 1 aromatic heterocycles. The molecule has 0 amide bonds. The molecule has 72 valence electrons. The van der Waals surface area contributed by atoms with Crippen LogP contribution in [0.15, 0.2) is 18.2 Å². The monoisotopic (exact) mass is 209 g/mol. The quantitative estimate of drug-likeness (QED) is 0.715. The number of nitrogens with zero attached hydrogens (tertiary/aromatic N) is 4. The predicted molar refractivity (Wildman–Crippen MR) is 53.7 cm³/mol. The topological polar surface area (TPSA) is 69.6 Å². The van der Waals surface area contributed by atoms with Crippen molar-refractivity contribution in [3.63, 3.8) is 0 Å². The molecule has 5 nitrogen and oxygen atoms in total. The summed E-state index contributed by atoms with van der Waals surface area (Å²) in [5, 5.41) is 11.6. The molecule has 0 atom stereocenters. The molecule has 1 heterocycles. The Hall–Kier alpha value is -1.62. The first-order valence-electron chi connectivity index (χ1n) is 3.97. The lowest BCUT2D eigenvalue weighted by Crippen LogP contribution is -1.96. The fourth-order valence-electron chi connectivity index (χ4n) is 1.18. The van der Waals surface area contributed by atoms with Crippen LogP contribution in [0.5, 0.6) is 0 Å². The van der Waals surface area contributed by atoms with E-state index in [0.717, 1.165) is 5.56 Å². The van der Waals surface area contributed by atoms with Crippen LogP contribution in [-0.4, -0.2) is 20.2 Å². The zero-order valence-corrected chi connectivity index (χ0v) is 8.23. The van der Waals surface area contributed by atoms with Crippen LogP contribution in [0.3, 0.4) is 0 Å². The summed E-state index contributed by atoms with van der Waals surface area (Å²) in [5.41, 5.74) is 6.92. The number of nitrogens with two attached hydrogens (primary N) is 1. The summed E-state index contributed by atoms with van der Waals surface area (Å²) in [6.45, 7) is 0. The first-order valence-corrected chi connectivity index (χ1v) is 4.34. The maximum Gasteiger partial charge on any atom is 0.183 e. The smallest absolute Gasteiger partial charge is 0.183 e. The van der Waals surface area contributed by atoms with Gasteiger partial charge in [0, 0.05) is 12.6 Å². The normalized spacial score (nSPS) is 10.4. The maximum absolute atomic E-state index is 6.02. The molecule has 0 bridgehead atoms. The number of hydrogen-bond acceptors (Lipinski definition) is 4. The highest BCUT2D eigenvalue weighted by atomic mass is 35.5. The average molecular weight is 210 g/mol. The largest absolute Gasteiger partial charge is 0.398 e. The van der Waals surface area contributed by atoms with E-state index in [0.29, 0.717) is 16.5 Å². The van der Waals surface area contributed by atoms with E-state index in [-0.39, 0.29) is 0 Å². The molecular weight excluding hydrogens is 202 g/mol. The van der Waals surface area contributed by atoms with Crippen molar-refractivity contribution in [3.05, 3.63) is 23.2 Å². The minimum atomic E-state index is 0.477. The van der Waals surface area contributed by atoms with E-state index in [1.165, 1.54) is 0 Å². The van der Waals surface area contributed by atoms with Crippen LogP contribution in [-0.2, 0) is 7.05 Å². The Labute approximate surface area is 85.5 Å². The first-order chi connectivity index (χ1) is 6.70. The summed E-state index contributed by atoms with van der Waals surface area (Å²) < 4.78 is 1.54. The number of tetrazole rings is 1. The van der Waals surface area contributed by atoms with Gasteiger partial charge in [0.25, 0.3) is 0 Å². The number of benzene rings is 1. The molecule has 14 heavy (non-hydrogen) atoms. The van der Waals surface area contributed by atoms with E-state index in [1.54, 1.807) is 17.8 Å². The van der Waals surface area contributed by atoms with Crippen molar-refractivity contribution in [1.29, 1.82) is 0 Å². The average Bonchev–Trinajstić information content (AvgIpc) is 2.57. The van der Waals surface area contributed by atoms with Gasteiger partial charge in [-0.2, -0.15) is 0 Å². The van der Waals surface area contributed by atoms with Gasteiger partial charge in [0.15, 0.2) is 5.82 Å². The number of anilines is 1. The molecule has 0 aliphatic carbocycles. The summed E-state index contributed by atoms with van der Waals surface area (Å²) in [6.07, 6.45) is 0. The molecule has 0 unspecified atom stereocenters. The predicted octanol–water partition coefficient (Wildman–Crippen LogP) is 1.11. The summed E-state index contributed by atoms with van der Waals surface area (Å²) in [5.74, 6) is 0.599. The summed E-state index contributed by atoms with van der Waals surface area (Å²) >= 11 is 6.02. The lowest BCUT2D eigenvalue weighted by atomic mass is 10.2. The van der Waals surface area contributed by atoms with Gasteiger partial charge < -0.3 is 5.73 Å². The van der Waals surface area contributed by atoms with Crippen LogP contribution in [0.25, 0.3) is 11.4 Å². The van der Waals surface area contributed by atoms with Crippen LogP contribution in [0.2, 0.25) is 5.02 Å². The Morgan fingerprint density at radius 2 is 2.21 bits per heavy atom. The van der Waals surface area contributed by atoms with Gasteiger partial charge in [0.2, 0.25) is 0 Å². The molecule has 0 aliphatic rings. The third-order valence-electron chi connectivity index (χ3n) is 1.89. The number of aryl methyl sites for hydroxylation is 1. The molecule has 0 radical (unpaired) electrons. The van der Waals surface area contributed by atoms with Crippen LogP contribution in [0, 0.1) is 0 Å². The molecule has 2 aromatic rings. The van der Waals surface area contributed by atoms with Crippen LogP contribution >= 0.6 is 11.6 Å². The van der Waals surface area contributed by atoms with E-state index in [2.05, 4.69) is 15.5 Å². The molecule has 0 spiro atoms. The first kappa shape index (κ1) is 8.96. The number of aromatic nitrogens is 4. The highest BCUT2D eigenvalue weighted by Crippen LogP contribution is 2.29. The van der Waals surface area contributed by atoms with Gasteiger partial charge in [-0.1, -0.05) is 17.7 Å². The second-order valence-corrected chi connectivity index (χ2v) is 3.21. The van der Waals surface area contributed by atoms with Crippen molar-refractivity contribution in [3.8, 4) is 11.4 Å².